The standard InChI is InChI=1S/C17H22N2O/c18-13-17(8-2-1-3-9-17)20-12-14-6-7-16-15(11-14)5-4-10-19-16/h4-7,10-11H,1-3,8-9,12-13,18H2. The molecule has 1 heterocycles. The topological polar surface area (TPSA) is 48.1 Å². The van der Waals surface area contributed by atoms with E-state index in [1.54, 1.807) is 0 Å². The summed E-state index contributed by atoms with van der Waals surface area (Å²) in [5.74, 6) is 0. The van der Waals surface area contributed by atoms with E-state index in [1.165, 1.54) is 30.2 Å². The molecular weight excluding hydrogens is 248 g/mol. The molecule has 0 spiro atoms. The SMILES string of the molecule is NCC1(OCc2ccc3ncccc3c2)CCCCC1. The van der Waals surface area contributed by atoms with Gasteiger partial charge in [0.2, 0.25) is 0 Å². The molecule has 0 unspecified atom stereocenters. The molecule has 0 saturated heterocycles. The van der Waals surface area contributed by atoms with Gasteiger partial charge in [0, 0.05) is 18.1 Å². The van der Waals surface area contributed by atoms with E-state index in [2.05, 4.69) is 29.2 Å². The number of pyridine rings is 1. The molecular formula is C17H22N2O. The predicted octanol–water partition coefficient (Wildman–Crippen LogP) is 3.41. The van der Waals surface area contributed by atoms with E-state index in [4.69, 9.17) is 10.5 Å². The summed E-state index contributed by atoms with van der Waals surface area (Å²) in [5.41, 5.74) is 8.09. The molecule has 1 aromatic heterocycles. The van der Waals surface area contributed by atoms with Crippen LogP contribution in [0.1, 0.15) is 37.7 Å². The highest BCUT2D eigenvalue weighted by Crippen LogP contribution is 2.31. The molecule has 0 aliphatic heterocycles. The normalized spacial score (nSPS) is 18.2. The lowest BCUT2D eigenvalue weighted by Crippen LogP contribution is -2.42. The molecule has 0 atom stereocenters. The number of nitrogens with zero attached hydrogens (tertiary/aromatic N) is 1. The van der Waals surface area contributed by atoms with E-state index >= 15 is 0 Å². The van der Waals surface area contributed by atoms with Gasteiger partial charge in [-0.3, -0.25) is 4.98 Å². The van der Waals surface area contributed by atoms with Crippen LogP contribution < -0.4 is 5.73 Å². The van der Waals surface area contributed by atoms with E-state index in [0.29, 0.717) is 13.2 Å². The molecule has 0 amide bonds. The summed E-state index contributed by atoms with van der Waals surface area (Å²) in [5, 5.41) is 1.17. The van der Waals surface area contributed by atoms with Crippen molar-refractivity contribution in [1.29, 1.82) is 0 Å². The zero-order chi connectivity index (χ0) is 13.8. The molecule has 2 aromatic rings. The molecule has 0 bridgehead atoms. The van der Waals surface area contributed by atoms with E-state index in [9.17, 15) is 0 Å². The Labute approximate surface area is 120 Å². The lowest BCUT2D eigenvalue weighted by molar-refractivity contribution is -0.0733. The van der Waals surface area contributed by atoms with Gasteiger partial charge in [-0.2, -0.15) is 0 Å². The largest absolute Gasteiger partial charge is 0.369 e. The molecule has 1 aliphatic carbocycles. The number of fused-ring (bicyclic) bond motifs is 1. The average Bonchev–Trinajstić information content (AvgIpc) is 2.54. The minimum absolute atomic E-state index is 0.0951. The summed E-state index contributed by atoms with van der Waals surface area (Å²) < 4.78 is 6.21. The van der Waals surface area contributed by atoms with Crippen LogP contribution in [0.5, 0.6) is 0 Å². The smallest absolute Gasteiger partial charge is 0.0808 e. The second-order valence-corrected chi connectivity index (χ2v) is 5.77. The van der Waals surface area contributed by atoms with Gasteiger partial charge < -0.3 is 10.5 Å². The third kappa shape index (κ3) is 2.84. The Bertz CT molecular complexity index is 576. The van der Waals surface area contributed by atoms with Crippen LogP contribution in [0.25, 0.3) is 10.9 Å². The van der Waals surface area contributed by atoms with Gasteiger partial charge >= 0.3 is 0 Å². The van der Waals surface area contributed by atoms with Crippen molar-refractivity contribution in [2.24, 2.45) is 5.73 Å². The van der Waals surface area contributed by atoms with E-state index in [-0.39, 0.29) is 5.60 Å². The number of benzene rings is 1. The third-order valence-electron chi connectivity index (χ3n) is 4.35. The first-order valence-electron chi connectivity index (χ1n) is 7.49. The first-order chi connectivity index (χ1) is 9.81. The number of rotatable bonds is 4. The number of hydrogen-bond acceptors (Lipinski definition) is 3. The third-order valence-corrected chi connectivity index (χ3v) is 4.35. The Balaban J connectivity index is 1.72. The van der Waals surface area contributed by atoms with Gasteiger partial charge in [0.05, 0.1) is 17.7 Å². The summed E-state index contributed by atoms with van der Waals surface area (Å²) in [6.45, 7) is 1.27. The van der Waals surface area contributed by atoms with E-state index in [1.807, 2.05) is 12.3 Å². The number of aromatic nitrogens is 1. The zero-order valence-corrected chi connectivity index (χ0v) is 11.8. The van der Waals surface area contributed by atoms with E-state index < -0.39 is 0 Å². The van der Waals surface area contributed by atoms with Crippen molar-refractivity contribution in [2.45, 2.75) is 44.3 Å². The number of hydrogen-bond donors (Lipinski definition) is 1. The Kier molecular flexibility index (Phi) is 3.99. The van der Waals surface area contributed by atoms with Crippen LogP contribution in [0.4, 0.5) is 0 Å². The van der Waals surface area contributed by atoms with Crippen molar-refractivity contribution in [3.63, 3.8) is 0 Å². The monoisotopic (exact) mass is 270 g/mol. The van der Waals surface area contributed by atoms with Crippen molar-refractivity contribution >= 4 is 10.9 Å². The zero-order valence-electron chi connectivity index (χ0n) is 11.8. The Morgan fingerprint density at radius 1 is 1.15 bits per heavy atom. The van der Waals surface area contributed by atoms with Crippen molar-refractivity contribution in [3.05, 3.63) is 42.1 Å². The van der Waals surface area contributed by atoms with Crippen LogP contribution in [0.15, 0.2) is 36.5 Å². The molecule has 1 fully saturated rings. The first kappa shape index (κ1) is 13.5. The fourth-order valence-electron chi connectivity index (χ4n) is 3.05. The first-order valence-corrected chi connectivity index (χ1v) is 7.49. The fraction of sp³-hybridized carbons (Fsp3) is 0.471. The van der Waals surface area contributed by atoms with Gasteiger partial charge in [-0.15, -0.1) is 0 Å². The fourth-order valence-corrected chi connectivity index (χ4v) is 3.05. The molecule has 1 aliphatic rings. The molecule has 2 N–H and O–H groups in total. The van der Waals surface area contributed by atoms with Crippen molar-refractivity contribution in [2.75, 3.05) is 6.54 Å². The van der Waals surface area contributed by atoms with Crippen LogP contribution >= 0.6 is 0 Å². The Hall–Kier alpha value is -1.45. The molecule has 1 aromatic carbocycles. The molecule has 3 heteroatoms. The molecule has 20 heavy (non-hydrogen) atoms. The minimum atomic E-state index is -0.0951. The van der Waals surface area contributed by atoms with Crippen LogP contribution in [0, 0.1) is 0 Å². The highest BCUT2D eigenvalue weighted by atomic mass is 16.5. The molecule has 106 valence electrons. The molecule has 0 radical (unpaired) electrons. The summed E-state index contributed by atoms with van der Waals surface area (Å²) in [6, 6.07) is 10.4. The maximum Gasteiger partial charge on any atom is 0.0808 e. The molecule has 1 saturated carbocycles. The van der Waals surface area contributed by atoms with Crippen molar-refractivity contribution < 1.29 is 4.74 Å². The van der Waals surface area contributed by atoms with Crippen LogP contribution in [-0.2, 0) is 11.3 Å². The van der Waals surface area contributed by atoms with Gasteiger partial charge in [-0.1, -0.05) is 31.4 Å². The lowest BCUT2D eigenvalue weighted by atomic mass is 9.84. The average molecular weight is 270 g/mol. The number of ether oxygens (including phenoxy) is 1. The van der Waals surface area contributed by atoms with Gasteiger partial charge in [0.1, 0.15) is 0 Å². The maximum absolute atomic E-state index is 6.21. The second-order valence-electron chi connectivity index (χ2n) is 5.77. The van der Waals surface area contributed by atoms with E-state index in [0.717, 1.165) is 18.4 Å². The van der Waals surface area contributed by atoms with Crippen molar-refractivity contribution in [3.8, 4) is 0 Å². The summed E-state index contributed by atoms with van der Waals surface area (Å²) in [7, 11) is 0. The summed E-state index contributed by atoms with van der Waals surface area (Å²) in [4.78, 5) is 4.34. The molecule has 3 nitrogen and oxygen atoms in total. The maximum atomic E-state index is 6.21. The predicted molar refractivity (Wildman–Crippen MR) is 81.4 cm³/mol. The lowest BCUT2D eigenvalue weighted by Gasteiger charge is -2.36. The summed E-state index contributed by atoms with van der Waals surface area (Å²) >= 11 is 0. The van der Waals surface area contributed by atoms with Gasteiger partial charge in [-0.05, 0) is 36.6 Å². The van der Waals surface area contributed by atoms with Gasteiger partial charge in [0.15, 0.2) is 0 Å². The van der Waals surface area contributed by atoms with Gasteiger partial charge in [0.25, 0.3) is 0 Å². The van der Waals surface area contributed by atoms with Crippen LogP contribution in [0.2, 0.25) is 0 Å². The second kappa shape index (κ2) is 5.90. The molecule has 3 rings (SSSR count). The van der Waals surface area contributed by atoms with Crippen LogP contribution in [0.3, 0.4) is 0 Å². The highest BCUT2D eigenvalue weighted by molar-refractivity contribution is 5.78. The number of nitrogens with two attached hydrogens (primary N) is 1. The van der Waals surface area contributed by atoms with Gasteiger partial charge in [-0.25, -0.2) is 0 Å². The summed E-state index contributed by atoms with van der Waals surface area (Å²) in [6.07, 6.45) is 7.80. The van der Waals surface area contributed by atoms with Crippen LogP contribution in [-0.4, -0.2) is 17.1 Å². The quantitative estimate of drug-likeness (QED) is 0.926. The highest BCUT2D eigenvalue weighted by Gasteiger charge is 2.31. The Morgan fingerprint density at radius 2 is 2.00 bits per heavy atom. The minimum Gasteiger partial charge on any atom is -0.369 e. The Morgan fingerprint density at radius 3 is 2.80 bits per heavy atom. The van der Waals surface area contributed by atoms with Crippen molar-refractivity contribution in [1.82, 2.24) is 4.98 Å².